The van der Waals surface area contributed by atoms with Crippen molar-refractivity contribution in [2.75, 3.05) is 31.7 Å². The van der Waals surface area contributed by atoms with Crippen LogP contribution in [-0.4, -0.2) is 54.5 Å². The van der Waals surface area contributed by atoms with E-state index in [0.717, 1.165) is 59.5 Å². The molecule has 3 aromatic rings. The van der Waals surface area contributed by atoms with Crippen molar-refractivity contribution in [2.45, 2.75) is 38.8 Å². The van der Waals surface area contributed by atoms with Crippen LogP contribution in [0.15, 0.2) is 48.7 Å². The SMILES string of the molecule is CCOC(=O)c1c(-c2cccc3c2CCN3C(=O)C2CCCN2)cnn1Cc1ccc(OC)cc1. The fraction of sp³-hybridized carbons (Fsp3) is 0.370. The zero-order chi connectivity index (χ0) is 24.4. The molecule has 2 aliphatic heterocycles. The molecule has 8 nitrogen and oxygen atoms in total. The van der Waals surface area contributed by atoms with Crippen LogP contribution >= 0.6 is 0 Å². The molecule has 182 valence electrons. The Labute approximate surface area is 204 Å². The quantitative estimate of drug-likeness (QED) is 0.528. The number of anilines is 1. The highest BCUT2D eigenvalue weighted by Gasteiger charge is 2.33. The van der Waals surface area contributed by atoms with Crippen molar-refractivity contribution in [3.63, 3.8) is 0 Å². The van der Waals surface area contributed by atoms with Gasteiger partial charge in [-0.05, 0) is 67.6 Å². The number of esters is 1. The Morgan fingerprint density at radius 3 is 2.69 bits per heavy atom. The summed E-state index contributed by atoms with van der Waals surface area (Å²) in [6, 6.07) is 13.5. The highest BCUT2D eigenvalue weighted by Crippen LogP contribution is 2.38. The minimum atomic E-state index is -0.410. The monoisotopic (exact) mass is 474 g/mol. The first-order valence-electron chi connectivity index (χ1n) is 12.1. The van der Waals surface area contributed by atoms with Crippen LogP contribution in [0, 0.1) is 0 Å². The van der Waals surface area contributed by atoms with Gasteiger partial charge in [0.2, 0.25) is 5.91 Å². The number of nitrogens with zero attached hydrogens (tertiary/aromatic N) is 3. The number of carbonyl (C=O) groups is 2. The second kappa shape index (κ2) is 9.92. The lowest BCUT2D eigenvalue weighted by atomic mass is 9.98. The van der Waals surface area contributed by atoms with Crippen LogP contribution in [0.1, 0.15) is 41.4 Å². The van der Waals surface area contributed by atoms with Gasteiger partial charge in [0.05, 0.1) is 32.5 Å². The van der Waals surface area contributed by atoms with Gasteiger partial charge in [-0.3, -0.25) is 9.48 Å². The average molecular weight is 475 g/mol. The van der Waals surface area contributed by atoms with Gasteiger partial charge in [-0.1, -0.05) is 24.3 Å². The van der Waals surface area contributed by atoms with Crippen molar-refractivity contribution in [3.8, 4) is 16.9 Å². The predicted molar refractivity (Wildman–Crippen MR) is 133 cm³/mol. The lowest BCUT2D eigenvalue weighted by molar-refractivity contribution is -0.120. The third kappa shape index (κ3) is 4.41. The number of benzene rings is 2. The van der Waals surface area contributed by atoms with Crippen molar-refractivity contribution >= 4 is 17.6 Å². The van der Waals surface area contributed by atoms with Crippen LogP contribution < -0.4 is 15.0 Å². The fourth-order valence-corrected chi connectivity index (χ4v) is 5.02. The Bertz CT molecular complexity index is 1230. The van der Waals surface area contributed by atoms with E-state index in [1.807, 2.05) is 47.4 Å². The summed E-state index contributed by atoms with van der Waals surface area (Å²) >= 11 is 0. The maximum absolute atomic E-state index is 13.1. The largest absolute Gasteiger partial charge is 0.497 e. The van der Waals surface area contributed by atoms with Crippen LogP contribution in [0.2, 0.25) is 0 Å². The molecule has 1 unspecified atom stereocenters. The van der Waals surface area contributed by atoms with Crippen molar-refractivity contribution in [3.05, 3.63) is 65.5 Å². The molecule has 1 aromatic heterocycles. The molecule has 5 rings (SSSR count). The third-order valence-electron chi connectivity index (χ3n) is 6.74. The molecular weight excluding hydrogens is 444 g/mol. The molecule has 0 aliphatic carbocycles. The summed E-state index contributed by atoms with van der Waals surface area (Å²) in [7, 11) is 1.63. The summed E-state index contributed by atoms with van der Waals surface area (Å²) in [5.74, 6) is 0.485. The van der Waals surface area contributed by atoms with E-state index >= 15 is 0 Å². The Kier molecular flexibility index (Phi) is 6.55. The van der Waals surface area contributed by atoms with Crippen LogP contribution in [0.5, 0.6) is 5.75 Å². The van der Waals surface area contributed by atoms with E-state index < -0.39 is 5.97 Å². The van der Waals surface area contributed by atoms with Gasteiger partial charge in [0, 0.05) is 17.8 Å². The number of ether oxygens (including phenoxy) is 2. The predicted octanol–water partition coefficient (Wildman–Crippen LogP) is 3.42. The standard InChI is InChI=1S/C27H30N4O4/c1-3-35-27(33)25-22(16-29-31(25)17-18-9-11-19(34-2)12-10-18)20-6-4-8-24-21(20)13-15-30(24)26(32)23-7-5-14-28-23/h4,6,8-12,16,23,28H,3,5,7,13-15,17H2,1-2H3. The normalized spacial score (nSPS) is 16.9. The number of amides is 1. The van der Waals surface area contributed by atoms with E-state index in [2.05, 4.69) is 10.4 Å². The molecule has 1 amide bonds. The number of fused-ring (bicyclic) bond motifs is 1. The molecular formula is C27H30N4O4. The first-order chi connectivity index (χ1) is 17.1. The lowest BCUT2D eigenvalue weighted by Crippen LogP contribution is -2.42. The zero-order valence-corrected chi connectivity index (χ0v) is 20.1. The third-order valence-corrected chi connectivity index (χ3v) is 6.74. The summed E-state index contributed by atoms with van der Waals surface area (Å²) in [5.41, 5.74) is 5.03. The van der Waals surface area contributed by atoms with Crippen molar-refractivity contribution in [1.82, 2.24) is 15.1 Å². The summed E-state index contributed by atoms with van der Waals surface area (Å²) in [5, 5.41) is 7.88. The zero-order valence-electron chi connectivity index (χ0n) is 20.1. The lowest BCUT2D eigenvalue weighted by Gasteiger charge is -2.21. The maximum atomic E-state index is 13.1. The molecule has 1 N–H and O–H groups in total. The molecule has 2 aromatic carbocycles. The number of rotatable bonds is 7. The van der Waals surface area contributed by atoms with Crippen molar-refractivity contribution in [1.29, 1.82) is 0 Å². The van der Waals surface area contributed by atoms with E-state index in [1.165, 1.54) is 0 Å². The second-order valence-corrected chi connectivity index (χ2v) is 8.83. The van der Waals surface area contributed by atoms with Gasteiger partial charge >= 0.3 is 5.97 Å². The van der Waals surface area contributed by atoms with Gasteiger partial charge in [0.25, 0.3) is 0 Å². The molecule has 0 saturated carbocycles. The Hall–Kier alpha value is -3.65. The van der Waals surface area contributed by atoms with E-state index in [1.54, 1.807) is 24.9 Å². The molecule has 2 aliphatic rings. The minimum absolute atomic E-state index is 0.119. The Balaban J connectivity index is 1.51. The van der Waals surface area contributed by atoms with Gasteiger partial charge < -0.3 is 19.7 Å². The molecule has 35 heavy (non-hydrogen) atoms. The highest BCUT2D eigenvalue weighted by molar-refractivity contribution is 6.02. The summed E-state index contributed by atoms with van der Waals surface area (Å²) in [4.78, 5) is 28.1. The van der Waals surface area contributed by atoms with Gasteiger partial charge in [-0.2, -0.15) is 5.10 Å². The van der Waals surface area contributed by atoms with Gasteiger partial charge in [0.1, 0.15) is 5.75 Å². The van der Waals surface area contributed by atoms with Crippen LogP contribution in [-0.2, 0) is 22.5 Å². The molecule has 8 heteroatoms. The molecule has 0 radical (unpaired) electrons. The van der Waals surface area contributed by atoms with Crippen LogP contribution in [0.3, 0.4) is 0 Å². The molecule has 1 saturated heterocycles. The van der Waals surface area contributed by atoms with Crippen LogP contribution in [0.4, 0.5) is 5.69 Å². The number of nitrogens with one attached hydrogen (secondary N) is 1. The van der Waals surface area contributed by atoms with E-state index in [4.69, 9.17) is 9.47 Å². The van der Waals surface area contributed by atoms with Gasteiger partial charge in [-0.25, -0.2) is 4.79 Å². The number of methoxy groups -OCH3 is 1. The van der Waals surface area contributed by atoms with Crippen molar-refractivity contribution < 1.29 is 19.1 Å². The van der Waals surface area contributed by atoms with E-state index in [-0.39, 0.29) is 18.6 Å². The van der Waals surface area contributed by atoms with Crippen molar-refractivity contribution in [2.24, 2.45) is 0 Å². The Morgan fingerprint density at radius 1 is 1.14 bits per heavy atom. The van der Waals surface area contributed by atoms with E-state index in [9.17, 15) is 9.59 Å². The number of hydrogen-bond acceptors (Lipinski definition) is 6. The molecule has 3 heterocycles. The summed E-state index contributed by atoms with van der Waals surface area (Å²) in [6.07, 6.45) is 4.35. The minimum Gasteiger partial charge on any atom is -0.497 e. The first-order valence-corrected chi connectivity index (χ1v) is 12.1. The number of hydrogen-bond donors (Lipinski definition) is 1. The summed E-state index contributed by atoms with van der Waals surface area (Å²) in [6.45, 7) is 4.01. The Morgan fingerprint density at radius 2 is 1.97 bits per heavy atom. The average Bonchev–Trinajstić information content (AvgIpc) is 3.64. The fourth-order valence-electron chi connectivity index (χ4n) is 5.02. The topological polar surface area (TPSA) is 85.7 Å². The van der Waals surface area contributed by atoms with E-state index in [0.29, 0.717) is 18.8 Å². The molecule has 1 atom stereocenters. The van der Waals surface area contributed by atoms with Gasteiger partial charge in [0.15, 0.2) is 5.69 Å². The molecule has 0 spiro atoms. The summed E-state index contributed by atoms with van der Waals surface area (Å²) < 4.78 is 12.4. The number of aromatic nitrogens is 2. The molecule has 1 fully saturated rings. The number of carbonyl (C=O) groups excluding carboxylic acids is 2. The first kappa shape index (κ1) is 23.1. The smallest absolute Gasteiger partial charge is 0.357 e. The maximum Gasteiger partial charge on any atom is 0.357 e. The molecule has 0 bridgehead atoms. The van der Waals surface area contributed by atoms with Gasteiger partial charge in [-0.15, -0.1) is 0 Å². The highest BCUT2D eigenvalue weighted by atomic mass is 16.5. The van der Waals surface area contributed by atoms with Crippen LogP contribution in [0.25, 0.3) is 11.1 Å². The second-order valence-electron chi connectivity index (χ2n) is 8.83.